The molecule has 0 aliphatic rings. The molecule has 1 N–H and O–H groups in total. The summed E-state index contributed by atoms with van der Waals surface area (Å²) in [6.07, 6.45) is 3.98. The Morgan fingerprint density at radius 1 is 0.806 bits per heavy atom. The van der Waals surface area contributed by atoms with E-state index in [1.165, 1.54) is 0 Å². The monoisotopic (exact) mass is 477 g/mol. The lowest BCUT2D eigenvalue weighted by atomic mass is 9.96. The van der Waals surface area contributed by atoms with E-state index in [0.29, 0.717) is 21.6 Å². The van der Waals surface area contributed by atoms with E-state index in [-0.39, 0.29) is 0 Å². The van der Waals surface area contributed by atoms with Crippen LogP contribution in [0.3, 0.4) is 0 Å². The summed E-state index contributed by atoms with van der Waals surface area (Å²) in [4.78, 5) is 2.37. The number of nitrogens with zero attached hydrogens (tertiary/aromatic N) is 1. The molecular formula is C26H30Cl3NO. The molecule has 3 rings (SSSR count). The lowest BCUT2D eigenvalue weighted by Crippen LogP contribution is -2.30. The number of hydrogen-bond acceptors (Lipinski definition) is 2. The Balaban J connectivity index is 1.92. The Morgan fingerprint density at radius 3 is 2.10 bits per heavy atom. The highest BCUT2D eigenvalue weighted by atomic mass is 35.5. The predicted molar refractivity (Wildman–Crippen MR) is 136 cm³/mol. The molecule has 0 saturated carbocycles. The molecule has 31 heavy (non-hydrogen) atoms. The molecule has 0 amide bonds. The van der Waals surface area contributed by atoms with Crippen molar-refractivity contribution in [3.63, 3.8) is 0 Å². The second kappa shape index (κ2) is 11.5. The van der Waals surface area contributed by atoms with E-state index in [0.717, 1.165) is 66.2 Å². The molecule has 0 fully saturated rings. The first-order chi connectivity index (χ1) is 14.9. The van der Waals surface area contributed by atoms with Gasteiger partial charge in [0.15, 0.2) is 0 Å². The van der Waals surface area contributed by atoms with Gasteiger partial charge in [-0.2, -0.15) is 0 Å². The van der Waals surface area contributed by atoms with E-state index in [9.17, 15) is 5.11 Å². The molecule has 0 bridgehead atoms. The lowest BCUT2D eigenvalue weighted by Gasteiger charge is -2.26. The molecule has 0 radical (unpaired) electrons. The highest BCUT2D eigenvalue weighted by molar-refractivity contribution is 6.42. The van der Waals surface area contributed by atoms with E-state index < -0.39 is 6.10 Å². The fraction of sp³-hybridized carbons (Fsp3) is 0.385. The van der Waals surface area contributed by atoms with Crippen molar-refractivity contribution in [3.8, 4) is 11.1 Å². The predicted octanol–water partition coefficient (Wildman–Crippen LogP) is 8.40. The Morgan fingerprint density at radius 2 is 1.45 bits per heavy atom. The summed E-state index contributed by atoms with van der Waals surface area (Å²) in [5.74, 6) is 0. The molecule has 0 aromatic heterocycles. The van der Waals surface area contributed by atoms with Crippen LogP contribution in [-0.2, 0) is 0 Å². The van der Waals surface area contributed by atoms with E-state index in [4.69, 9.17) is 34.8 Å². The third-order valence-electron chi connectivity index (χ3n) is 5.65. The Labute approximate surface area is 200 Å². The summed E-state index contributed by atoms with van der Waals surface area (Å²) in [5.41, 5.74) is 2.89. The average Bonchev–Trinajstić information content (AvgIpc) is 2.76. The van der Waals surface area contributed by atoms with Gasteiger partial charge in [0.25, 0.3) is 0 Å². The van der Waals surface area contributed by atoms with Gasteiger partial charge < -0.3 is 10.0 Å². The van der Waals surface area contributed by atoms with Crippen molar-refractivity contribution in [2.24, 2.45) is 0 Å². The molecule has 0 aliphatic carbocycles. The van der Waals surface area contributed by atoms with E-state index in [1.54, 1.807) is 6.07 Å². The van der Waals surface area contributed by atoms with Crippen LogP contribution in [0.1, 0.15) is 51.2 Å². The summed E-state index contributed by atoms with van der Waals surface area (Å²) in [5, 5.41) is 14.8. The molecule has 166 valence electrons. The van der Waals surface area contributed by atoms with Gasteiger partial charge in [-0.15, -0.1) is 0 Å². The van der Waals surface area contributed by atoms with Gasteiger partial charge in [0, 0.05) is 11.6 Å². The lowest BCUT2D eigenvalue weighted by molar-refractivity contribution is 0.112. The van der Waals surface area contributed by atoms with Gasteiger partial charge >= 0.3 is 0 Å². The van der Waals surface area contributed by atoms with Gasteiger partial charge in [0.2, 0.25) is 0 Å². The zero-order chi connectivity index (χ0) is 22.4. The van der Waals surface area contributed by atoms with Crippen molar-refractivity contribution >= 4 is 45.6 Å². The third-order valence-corrected chi connectivity index (χ3v) is 6.61. The maximum Gasteiger partial charge on any atom is 0.0923 e. The molecule has 3 aromatic rings. The van der Waals surface area contributed by atoms with Crippen molar-refractivity contribution in [2.75, 3.05) is 19.6 Å². The minimum Gasteiger partial charge on any atom is -0.387 e. The molecule has 5 heteroatoms. The Hall–Kier alpha value is -1.29. The SMILES string of the molecule is CCCCN(CCCC)CC(O)c1cc(Cl)cc2cc(-c3ccc(Cl)c(Cl)c3)ccc12. The largest absolute Gasteiger partial charge is 0.387 e. The summed E-state index contributed by atoms with van der Waals surface area (Å²) >= 11 is 18.7. The van der Waals surface area contributed by atoms with E-state index in [1.807, 2.05) is 24.3 Å². The van der Waals surface area contributed by atoms with Gasteiger partial charge in [-0.1, -0.05) is 79.7 Å². The maximum absolute atomic E-state index is 11.1. The molecule has 1 atom stereocenters. The topological polar surface area (TPSA) is 23.5 Å². The first-order valence-electron chi connectivity index (χ1n) is 11.0. The van der Waals surface area contributed by atoms with Crippen molar-refractivity contribution in [3.05, 3.63) is 69.2 Å². The number of unbranched alkanes of at least 4 members (excludes halogenated alkanes) is 2. The van der Waals surface area contributed by atoms with Crippen LogP contribution >= 0.6 is 34.8 Å². The number of aliphatic hydroxyl groups excluding tert-OH is 1. The van der Waals surface area contributed by atoms with Crippen molar-refractivity contribution in [1.29, 1.82) is 0 Å². The van der Waals surface area contributed by atoms with Gasteiger partial charge in [-0.25, -0.2) is 0 Å². The van der Waals surface area contributed by atoms with Crippen LogP contribution in [0, 0.1) is 0 Å². The summed E-state index contributed by atoms with van der Waals surface area (Å²) in [6.45, 7) is 7.03. The molecular weight excluding hydrogens is 449 g/mol. The average molecular weight is 479 g/mol. The van der Waals surface area contributed by atoms with Gasteiger partial charge in [-0.3, -0.25) is 0 Å². The van der Waals surface area contributed by atoms with E-state index >= 15 is 0 Å². The standard InChI is InChI=1S/C26H30Cl3NO/c1-3-5-11-30(12-6-4-2)17-26(31)23-16-21(27)14-20-13-18(7-9-22(20)23)19-8-10-24(28)25(29)15-19/h7-10,13-16,26,31H,3-6,11-12,17H2,1-2H3. The molecule has 2 nitrogen and oxygen atoms in total. The summed E-state index contributed by atoms with van der Waals surface area (Å²) < 4.78 is 0. The minimum absolute atomic E-state index is 0.528. The number of benzene rings is 3. The number of fused-ring (bicyclic) bond motifs is 1. The van der Waals surface area contributed by atoms with Crippen LogP contribution in [0.4, 0.5) is 0 Å². The summed E-state index contributed by atoms with van der Waals surface area (Å²) in [7, 11) is 0. The number of hydrogen-bond donors (Lipinski definition) is 1. The Bertz CT molecular complexity index is 1010. The van der Waals surface area contributed by atoms with Crippen LogP contribution in [0.5, 0.6) is 0 Å². The summed E-state index contributed by atoms with van der Waals surface area (Å²) in [6, 6.07) is 15.7. The highest BCUT2D eigenvalue weighted by Gasteiger charge is 2.17. The van der Waals surface area contributed by atoms with Crippen molar-refractivity contribution < 1.29 is 5.11 Å². The normalized spacial score (nSPS) is 12.6. The van der Waals surface area contributed by atoms with Crippen LogP contribution in [0.25, 0.3) is 21.9 Å². The number of aliphatic hydroxyl groups is 1. The van der Waals surface area contributed by atoms with Crippen LogP contribution in [0.15, 0.2) is 48.5 Å². The molecule has 0 saturated heterocycles. The minimum atomic E-state index is -0.592. The van der Waals surface area contributed by atoms with Crippen molar-refractivity contribution in [1.82, 2.24) is 4.90 Å². The van der Waals surface area contributed by atoms with Gasteiger partial charge in [0.1, 0.15) is 0 Å². The second-order valence-electron chi connectivity index (χ2n) is 8.08. The molecule has 3 aromatic carbocycles. The van der Waals surface area contributed by atoms with Crippen LogP contribution in [0.2, 0.25) is 15.1 Å². The molecule has 0 heterocycles. The number of rotatable bonds is 10. The number of halogens is 3. The van der Waals surface area contributed by atoms with E-state index in [2.05, 4.69) is 36.9 Å². The first kappa shape index (κ1) is 24.4. The van der Waals surface area contributed by atoms with Crippen molar-refractivity contribution in [2.45, 2.75) is 45.6 Å². The zero-order valence-electron chi connectivity index (χ0n) is 18.2. The highest BCUT2D eigenvalue weighted by Crippen LogP contribution is 2.34. The smallest absolute Gasteiger partial charge is 0.0923 e. The molecule has 0 spiro atoms. The van der Waals surface area contributed by atoms with Gasteiger partial charge in [0.05, 0.1) is 16.1 Å². The Kier molecular flexibility index (Phi) is 9.06. The zero-order valence-corrected chi connectivity index (χ0v) is 20.4. The maximum atomic E-state index is 11.1. The van der Waals surface area contributed by atoms with Gasteiger partial charge in [-0.05, 0) is 83.7 Å². The molecule has 0 aliphatic heterocycles. The van der Waals surface area contributed by atoms with Crippen LogP contribution < -0.4 is 0 Å². The second-order valence-corrected chi connectivity index (χ2v) is 9.33. The molecule has 1 unspecified atom stereocenters. The fourth-order valence-electron chi connectivity index (χ4n) is 3.89. The first-order valence-corrected chi connectivity index (χ1v) is 12.1. The fourth-order valence-corrected chi connectivity index (χ4v) is 4.43. The quantitative estimate of drug-likeness (QED) is 0.316. The van der Waals surface area contributed by atoms with Crippen LogP contribution in [-0.4, -0.2) is 29.6 Å². The third kappa shape index (κ3) is 6.37.